The first-order valence-electron chi connectivity index (χ1n) is 10.5. The number of aryl methyl sites for hydroxylation is 2. The number of hydrogen-bond donors (Lipinski definition) is 0. The Morgan fingerprint density at radius 1 is 1.31 bits per heavy atom. The molecule has 2 heterocycles. The van der Waals surface area contributed by atoms with E-state index in [9.17, 15) is 18.0 Å². The second kappa shape index (κ2) is 9.60. The predicted octanol–water partition coefficient (Wildman–Crippen LogP) is 5.76. The summed E-state index contributed by atoms with van der Waals surface area (Å²) in [5.74, 6) is -0.546. The summed E-state index contributed by atoms with van der Waals surface area (Å²) in [7, 11) is 0. The lowest BCUT2D eigenvalue weighted by atomic mass is 10.00. The molecule has 176 valence electrons. The molecule has 10 heteroatoms. The Hall–Kier alpha value is -2.42. The summed E-state index contributed by atoms with van der Waals surface area (Å²) in [4.78, 5) is 19.0. The summed E-state index contributed by atoms with van der Waals surface area (Å²) in [6.07, 6.45) is 1.02. The molecule has 1 unspecified atom stereocenters. The lowest BCUT2D eigenvalue weighted by Gasteiger charge is -2.38. The van der Waals surface area contributed by atoms with E-state index in [0.29, 0.717) is 43.1 Å². The quantitative estimate of drug-likeness (QED) is 0.535. The van der Waals surface area contributed by atoms with Crippen LogP contribution in [0.4, 0.5) is 18.0 Å². The molecule has 2 aromatic rings. The molecule has 32 heavy (non-hydrogen) atoms. The molecule has 1 aromatic carbocycles. The van der Waals surface area contributed by atoms with Crippen LogP contribution in [0.25, 0.3) is 0 Å². The van der Waals surface area contributed by atoms with Gasteiger partial charge in [0.2, 0.25) is 0 Å². The fraction of sp³-hybridized carbons (Fsp3) is 0.545. The highest BCUT2D eigenvalue weighted by Crippen LogP contribution is 2.36. The fourth-order valence-electron chi connectivity index (χ4n) is 3.86. The second-order valence-electron chi connectivity index (χ2n) is 8.58. The van der Waals surface area contributed by atoms with Crippen molar-refractivity contribution in [1.29, 1.82) is 0 Å². The Morgan fingerprint density at radius 3 is 2.62 bits per heavy atom. The van der Waals surface area contributed by atoms with Gasteiger partial charge in [-0.2, -0.15) is 8.78 Å². The Morgan fingerprint density at radius 2 is 2.03 bits per heavy atom. The van der Waals surface area contributed by atoms with Crippen molar-refractivity contribution in [1.82, 2.24) is 14.5 Å². The molecular formula is C22H27ClF3N3O3. The van der Waals surface area contributed by atoms with E-state index in [2.05, 4.69) is 9.72 Å². The molecule has 0 bridgehead atoms. The number of rotatable bonds is 6. The molecule has 1 aromatic heterocycles. The monoisotopic (exact) mass is 473 g/mol. The van der Waals surface area contributed by atoms with Crippen LogP contribution in [-0.4, -0.2) is 39.3 Å². The standard InChI is InChI=1S/C22H27ClF3N3O3/c1-5-17-27-19(23)18-15(28(10-11-29(17)18)21(30)32-22(2,3)4)8-6-13-7-9-16(14(24)12-13)31-20(25)26/h7,9,12,15,20H,5-6,8,10-11H2,1-4H3. The van der Waals surface area contributed by atoms with Crippen LogP contribution in [0.1, 0.15) is 57.2 Å². The summed E-state index contributed by atoms with van der Waals surface area (Å²) in [6, 6.07) is 3.43. The molecule has 1 aliphatic heterocycles. The third kappa shape index (κ3) is 5.49. The summed E-state index contributed by atoms with van der Waals surface area (Å²) in [5, 5.41) is 0.326. The summed E-state index contributed by atoms with van der Waals surface area (Å²) < 4.78 is 50.7. The molecule has 3 rings (SSSR count). The van der Waals surface area contributed by atoms with Crippen molar-refractivity contribution in [2.24, 2.45) is 0 Å². The van der Waals surface area contributed by atoms with E-state index < -0.39 is 35.9 Å². The van der Waals surface area contributed by atoms with Crippen molar-refractivity contribution >= 4 is 17.7 Å². The first-order chi connectivity index (χ1) is 15.0. The van der Waals surface area contributed by atoms with E-state index in [-0.39, 0.29) is 0 Å². The average molecular weight is 474 g/mol. The molecule has 0 saturated carbocycles. The molecule has 1 amide bonds. The largest absolute Gasteiger partial charge is 0.444 e. The van der Waals surface area contributed by atoms with Crippen LogP contribution in [0, 0.1) is 5.82 Å². The van der Waals surface area contributed by atoms with Crippen LogP contribution in [0.3, 0.4) is 0 Å². The topological polar surface area (TPSA) is 56.6 Å². The van der Waals surface area contributed by atoms with Crippen LogP contribution in [0.2, 0.25) is 5.15 Å². The third-order valence-corrected chi connectivity index (χ3v) is 5.44. The number of carbonyl (C=O) groups excluding carboxylic acids is 1. The number of halogens is 4. The van der Waals surface area contributed by atoms with Gasteiger partial charge in [-0.15, -0.1) is 0 Å². The maximum absolute atomic E-state index is 14.1. The summed E-state index contributed by atoms with van der Waals surface area (Å²) in [5.41, 5.74) is 0.636. The number of fused-ring (bicyclic) bond motifs is 1. The molecular weight excluding hydrogens is 447 g/mol. The maximum Gasteiger partial charge on any atom is 0.410 e. The minimum absolute atomic E-state index is 0.326. The summed E-state index contributed by atoms with van der Waals surface area (Å²) >= 11 is 6.46. The van der Waals surface area contributed by atoms with Crippen molar-refractivity contribution < 1.29 is 27.4 Å². The van der Waals surface area contributed by atoms with Crippen LogP contribution in [0.5, 0.6) is 5.75 Å². The minimum atomic E-state index is -3.10. The molecule has 1 atom stereocenters. The normalized spacial score (nSPS) is 16.3. The van der Waals surface area contributed by atoms with Crippen molar-refractivity contribution in [3.63, 3.8) is 0 Å². The lowest BCUT2D eigenvalue weighted by Crippen LogP contribution is -2.45. The Labute approximate surface area is 190 Å². The molecule has 0 N–H and O–H groups in total. The van der Waals surface area contributed by atoms with Gasteiger partial charge < -0.3 is 14.0 Å². The number of aromatic nitrogens is 2. The van der Waals surface area contributed by atoms with E-state index in [0.717, 1.165) is 17.6 Å². The fourth-order valence-corrected chi connectivity index (χ4v) is 4.18. The molecule has 0 spiro atoms. The molecule has 6 nitrogen and oxygen atoms in total. The zero-order chi connectivity index (χ0) is 23.6. The average Bonchev–Trinajstić information content (AvgIpc) is 3.02. The molecule has 0 fully saturated rings. The number of nitrogens with zero attached hydrogens (tertiary/aromatic N) is 3. The van der Waals surface area contributed by atoms with Gasteiger partial charge in [-0.3, -0.25) is 4.90 Å². The molecule has 0 radical (unpaired) electrons. The minimum Gasteiger partial charge on any atom is -0.444 e. The second-order valence-corrected chi connectivity index (χ2v) is 8.94. The van der Waals surface area contributed by atoms with Crippen LogP contribution in [0.15, 0.2) is 18.2 Å². The van der Waals surface area contributed by atoms with Gasteiger partial charge in [0, 0.05) is 19.5 Å². The van der Waals surface area contributed by atoms with Crippen molar-refractivity contribution in [3.05, 3.63) is 46.3 Å². The number of imidazole rings is 1. The van der Waals surface area contributed by atoms with Gasteiger partial charge in [0.05, 0.1) is 11.7 Å². The zero-order valence-electron chi connectivity index (χ0n) is 18.5. The number of alkyl halides is 2. The first kappa shape index (κ1) is 24.2. The van der Waals surface area contributed by atoms with E-state index in [1.165, 1.54) is 12.1 Å². The molecule has 1 aliphatic rings. The highest BCUT2D eigenvalue weighted by molar-refractivity contribution is 6.30. The molecule has 0 aliphatic carbocycles. The van der Waals surface area contributed by atoms with Gasteiger partial charge in [0.1, 0.15) is 11.4 Å². The highest BCUT2D eigenvalue weighted by Gasteiger charge is 2.37. The van der Waals surface area contributed by atoms with Crippen molar-refractivity contribution in [2.45, 2.75) is 71.8 Å². The number of ether oxygens (including phenoxy) is 2. The van der Waals surface area contributed by atoms with Gasteiger partial charge in [0.15, 0.2) is 16.7 Å². The predicted molar refractivity (Wildman–Crippen MR) is 114 cm³/mol. The van der Waals surface area contributed by atoms with Gasteiger partial charge >= 0.3 is 12.7 Å². The van der Waals surface area contributed by atoms with E-state index in [4.69, 9.17) is 16.3 Å². The smallest absolute Gasteiger partial charge is 0.410 e. The van der Waals surface area contributed by atoms with Gasteiger partial charge in [-0.1, -0.05) is 24.6 Å². The zero-order valence-corrected chi connectivity index (χ0v) is 19.3. The number of amides is 1. The molecule has 0 saturated heterocycles. The van der Waals surface area contributed by atoms with E-state index in [1.807, 2.05) is 11.5 Å². The lowest BCUT2D eigenvalue weighted by molar-refractivity contribution is -0.0522. The number of carbonyl (C=O) groups is 1. The van der Waals surface area contributed by atoms with Crippen molar-refractivity contribution in [2.75, 3.05) is 6.54 Å². The van der Waals surface area contributed by atoms with Crippen molar-refractivity contribution in [3.8, 4) is 5.75 Å². The Bertz CT molecular complexity index is 975. The SMILES string of the molecule is CCc1nc(Cl)c2n1CCN(C(=O)OC(C)(C)C)C2CCc1ccc(OC(F)F)c(F)c1. The van der Waals surface area contributed by atoms with E-state index in [1.54, 1.807) is 25.7 Å². The van der Waals surface area contributed by atoms with Gasteiger partial charge in [-0.05, 0) is 51.3 Å². The first-order valence-corrected chi connectivity index (χ1v) is 10.9. The Kier molecular flexibility index (Phi) is 7.27. The summed E-state index contributed by atoms with van der Waals surface area (Å²) in [6.45, 7) is 5.22. The Balaban J connectivity index is 1.87. The highest BCUT2D eigenvalue weighted by atomic mass is 35.5. The van der Waals surface area contributed by atoms with E-state index >= 15 is 0 Å². The maximum atomic E-state index is 14.1. The van der Waals surface area contributed by atoms with Crippen LogP contribution < -0.4 is 4.74 Å². The number of hydrogen-bond acceptors (Lipinski definition) is 4. The van der Waals surface area contributed by atoms with Crippen LogP contribution in [-0.2, 0) is 24.1 Å². The van der Waals surface area contributed by atoms with Crippen LogP contribution >= 0.6 is 11.6 Å². The number of benzene rings is 1. The van der Waals surface area contributed by atoms with Gasteiger partial charge in [0.25, 0.3) is 0 Å². The van der Waals surface area contributed by atoms with Gasteiger partial charge in [-0.25, -0.2) is 14.2 Å². The third-order valence-electron chi connectivity index (χ3n) is 5.16.